The number of para-hydroxylation sites is 1. The van der Waals surface area contributed by atoms with Gasteiger partial charge >= 0.3 is 0 Å². The lowest BCUT2D eigenvalue weighted by Crippen LogP contribution is -2.24. The molecule has 0 aliphatic heterocycles. The number of nitrogens with one attached hydrogen (secondary N) is 2. The lowest BCUT2D eigenvalue weighted by molar-refractivity contribution is 0.0957. The molecule has 82 valence electrons. The molecule has 0 bridgehead atoms. The Labute approximate surface area is 92.3 Å². The van der Waals surface area contributed by atoms with Gasteiger partial charge in [0.1, 0.15) is 0 Å². The Bertz CT molecular complexity index is 587. The van der Waals surface area contributed by atoms with Crippen LogP contribution in [0.5, 0.6) is 0 Å². The van der Waals surface area contributed by atoms with E-state index in [1.807, 2.05) is 25.1 Å². The first-order valence-corrected chi connectivity index (χ1v) is 5.12. The highest BCUT2D eigenvalue weighted by atomic mass is 16.2. The fourth-order valence-corrected chi connectivity index (χ4v) is 1.65. The van der Waals surface area contributed by atoms with Crippen LogP contribution < -0.4 is 10.9 Å². The van der Waals surface area contributed by atoms with Gasteiger partial charge in [0, 0.05) is 23.5 Å². The Morgan fingerprint density at radius 1 is 1.38 bits per heavy atom. The van der Waals surface area contributed by atoms with E-state index in [0.29, 0.717) is 17.6 Å². The topological polar surface area (TPSA) is 62.0 Å². The summed E-state index contributed by atoms with van der Waals surface area (Å²) >= 11 is 0. The van der Waals surface area contributed by atoms with Gasteiger partial charge in [0.15, 0.2) is 0 Å². The summed E-state index contributed by atoms with van der Waals surface area (Å²) in [6.07, 6.45) is 0. The van der Waals surface area contributed by atoms with Crippen molar-refractivity contribution in [1.29, 1.82) is 0 Å². The molecule has 16 heavy (non-hydrogen) atoms. The van der Waals surface area contributed by atoms with Crippen LogP contribution in [-0.2, 0) is 0 Å². The zero-order valence-corrected chi connectivity index (χ0v) is 8.91. The van der Waals surface area contributed by atoms with Crippen LogP contribution in [0.15, 0.2) is 35.1 Å². The number of aromatic nitrogens is 1. The van der Waals surface area contributed by atoms with E-state index in [9.17, 15) is 9.59 Å². The predicted molar refractivity (Wildman–Crippen MR) is 62.6 cm³/mol. The summed E-state index contributed by atoms with van der Waals surface area (Å²) in [6, 6.07) is 8.58. The molecule has 1 aromatic carbocycles. The summed E-state index contributed by atoms with van der Waals surface area (Å²) in [4.78, 5) is 25.8. The van der Waals surface area contributed by atoms with Crippen molar-refractivity contribution in [3.63, 3.8) is 0 Å². The number of carbonyl (C=O) groups excluding carboxylic acids is 1. The molecule has 1 amide bonds. The molecule has 4 nitrogen and oxygen atoms in total. The Morgan fingerprint density at radius 3 is 2.88 bits per heavy atom. The van der Waals surface area contributed by atoms with Gasteiger partial charge in [0.2, 0.25) is 5.56 Å². The second-order valence-electron chi connectivity index (χ2n) is 3.45. The monoisotopic (exact) mass is 216 g/mol. The number of amides is 1. The Balaban J connectivity index is 2.68. The van der Waals surface area contributed by atoms with E-state index in [-0.39, 0.29) is 11.5 Å². The lowest BCUT2D eigenvalue weighted by atomic mass is 10.1. The number of aromatic amines is 1. The number of pyridine rings is 1. The van der Waals surface area contributed by atoms with E-state index in [0.717, 1.165) is 5.39 Å². The van der Waals surface area contributed by atoms with Gasteiger partial charge in [-0.2, -0.15) is 0 Å². The molecule has 0 saturated heterocycles. The third kappa shape index (κ3) is 1.82. The highest BCUT2D eigenvalue weighted by Gasteiger charge is 2.09. The van der Waals surface area contributed by atoms with Gasteiger partial charge in [-0.05, 0) is 13.0 Å². The quantitative estimate of drug-likeness (QED) is 0.794. The minimum Gasteiger partial charge on any atom is -0.352 e. The second-order valence-corrected chi connectivity index (χ2v) is 3.45. The first-order valence-electron chi connectivity index (χ1n) is 5.12. The average Bonchev–Trinajstić information content (AvgIpc) is 2.28. The molecule has 0 radical (unpaired) electrons. The van der Waals surface area contributed by atoms with Gasteiger partial charge in [-0.15, -0.1) is 0 Å². The first kappa shape index (κ1) is 10.4. The number of rotatable bonds is 2. The van der Waals surface area contributed by atoms with Crippen LogP contribution in [0.4, 0.5) is 0 Å². The largest absolute Gasteiger partial charge is 0.352 e. The molecule has 1 aromatic heterocycles. The fraction of sp³-hybridized carbons (Fsp3) is 0.167. The summed E-state index contributed by atoms with van der Waals surface area (Å²) < 4.78 is 0. The number of hydrogen-bond acceptors (Lipinski definition) is 2. The van der Waals surface area contributed by atoms with E-state index in [1.165, 1.54) is 6.07 Å². The van der Waals surface area contributed by atoms with Crippen molar-refractivity contribution < 1.29 is 4.79 Å². The van der Waals surface area contributed by atoms with Gasteiger partial charge in [-0.3, -0.25) is 9.59 Å². The normalized spacial score (nSPS) is 10.3. The zero-order chi connectivity index (χ0) is 11.5. The molecule has 0 aliphatic rings. The molecule has 0 aliphatic carbocycles. The van der Waals surface area contributed by atoms with Crippen molar-refractivity contribution in [3.8, 4) is 0 Å². The van der Waals surface area contributed by atoms with Crippen LogP contribution in [0.25, 0.3) is 10.9 Å². The smallest absolute Gasteiger partial charge is 0.252 e. The SMILES string of the molecule is CCNC(=O)c1cc(=O)[nH]c2ccccc12. The summed E-state index contributed by atoms with van der Waals surface area (Å²) in [5.41, 5.74) is 0.831. The molecule has 2 rings (SSSR count). The Morgan fingerprint density at radius 2 is 2.12 bits per heavy atom. The van der Waals surface area contributed by atoms with Crippen molar-refractivity contribution in [3.05, 3.63) is 46.2 Å². The molecular weight excluding hydrogens is 204 g/mol. The molecule has 4 heteroatoms. The highest BCUT2D eigenvalue weighted by molar-refractivity contribution is 6.05. The molecule has 1 heterocycles. The fourth-order valence-electron chi connectivity index (χ4n) is 1.65. The van der Waals surface area contributed by atoms with Crippen LogP contribution in [0.1, 0.15) is 17.3 Å². The van der Waals surface area contributed by atoms with Crippen LogP contribution in [0.2, 0.25) is 0 Å². The van der Waals surface area contributed by atoms with Crippen molar-refractivity contribution >= 4 is 16.8 Å². The van der Waals surface area contributed by atoms with Gasteiger partial charge in [-0.25, -0.2) is 0 Å². The maximum absolute atomic E-state index is 11.7. The molecule has 0 spiro atoms. The van der Waals surface area contributed by atoms with Crippen LogP contribution in [0.3, 0.4) is 0 Å². The van der Waals surface area contributed by atoms with Gasteiger partial charge in [0.05, 0.1) is 5.56 Å². The molecule has 0 atom stereocenters. The summed E-state index contributed by atoms with van der Waals surface area (Å²) in [6.45, 7) is 2.38. The molecule has 0 saturated carbocycles. The molecular formula is C12H12N2O2. The van der Waals surface area contributed by atoms with Crippen LogP contribution in [0, 0.1) is 0 Å². The van der Waals surface area contributed by atoms with Gasteiger partial charge < -0.3 is 10.3 Å². The Kier molecular flexibility index (Phi) is 2.72. The zero-order valence-electron chi connectivity index (χ0n) is 8.91. The third-order valence-electron chi connectivity index (χ3n) is 2.33. The minimum atomic E-state index is -0.264. The van der Waals surface area contributed by atoms with E-state index in [4.69, 9.17) is 0 Å². The number of H-pyrrole nitrogens is 1. The molecule has 0 unspecified atom stereocenters. The van der Waals surface area contributed by atoms with Crippen molar-refractivity contribution in [1.82, 2.24) is 10.3 Å². The standard InChI is InChI=1S/C12H12N2O2/c1-2-13-12(16)9-7-11(15)14-10-6-4-3-5-8(9)10/h3-7H,2H2,1H3,(H,13,16)(H,14,15). The third-order valence-corrected chi connectivity index (χ3v) is 2.33. The first-order chi connectivity index (χ1) is 7.72. The minimum absolute atomic E-state index is 0.218. The van der Waals surface area contributed by atoms with Gasteiger partial charge in [-0.1, -0.05) is 18.2 Å². The van der Waals surface area contributed by atoms with E-state index >= 15 is 0 Å². The van der Waals surface area contributed by atoms with Gasteiger partial charge in [0.25, 0.3) is 5.91 Å². The number of fused-ring (bicyclic) bond motifs is 1. The second kappa shape index (κ2) is 4.18. The van der Waals surface area contributed by atoms with Crippen molar-refractivity contribution in [2.45, 2.75) is 6.92 Å². The lowest BCUT2D eigenvalue weighted by Gasteiger charge is -2.05. The molecule has 2 aromatic rings. The highest BCUT2D eigenvalue weighted by Crippen LogP contribution is 2.13. The van der Waals surface area contributed by atoms with E-state index in [1.54, 1.807) is 6.07 Å². The van der Waals surface area contributed by atoms with E-state index < -0.39 is 0 Å². The molecule has 2 N–H and O–H groups in total. The maximum atomic E-state index is 11.7. The van der Waals surface area contributed by atoms with Crippen LogP contribution in [-0.4, -0.2) is 17.4 Å². The number of benzene rings is 1. The number of carbonyl (C=O) groups is 1. The number of hydrogen-bond donors (Lipinski definition) is 2. The van der Waals surface area contributed by atoms with Crippen LogP contribution >= 0.6 is 0 Å². The summed E-state index contributed by atoms with van der Waals surface area (Å²) in [7, 11) is 0. The molecule has 0 fully saturated rings. The Hall–Kier alpha value is -2.10. The van der Waals surface area contributed by atoms with E-state index in [2.05, 4.69) is 10.3 Å². The summed E-state index contributed by atoms with van der Waals surface area (Å²) in [5.74, 6) is -0.218. The average molecular weight is 216 g/mol. The van der Waals surface area contributed by atoms with Crippen molar-refractivity contribution in [2.24, 2.45) is 0 Å². The maximum Gasteiger partial charge on any atom is 0.252 e. The summed E-state index contributed by atoms with van der Waals surface area (Å²) in [5, 5.41) is 3.45. The van der Waals surface area contributed by atoms with Crippen molar-refractivity contribution in [2.75, 3.05) is 6.54 Å². The predicted octanol–water partition coefficient (Wildman–Crippen LogP) is 1.28.